The molecule has 2 aromatic carbocycles. The fourth-order valence-corrected chi connectivity index (χ4v) is 3.63. The van der Waals surface area contributed by atoms with Gasteiger partial charge in [-0.1, -0.05) is 41.0 Å². The third-order valence-corrected chi connectivity index (χ3v) is 4.81. The standard InChI is InChI=1S/C13H9BrCl2N2S/c14-8-2-1-3-11(12(8)13(17)18)19-7-4-5-9(15)10(16)6-7/h1-6H,(H3,17,18). The molecule has 0 bridgehead atoms. The van der Waals surface area contributed by atoms with Crippen LogP contribution in [0, 0.1) is 5.41 Å². The van der Waals surface area contributed by atoms with E-state index >= 15 is 0 Å². The van der Waals surface area contributed by atoms with E-state index in [-0.39, 0.29) is 5.84 Å². The summed E-state index contributed by atoms with van der Waals surface area (Å²) >= 11 is 16.8. The Bertz CT molecular complexity index is 647. The third kappa shape index (κ3) is 3.45. The van der Waals surface area contributed by atoms with E-state index in [0.29, 0.717) is 15.6 Å². The highest BCUT2D eigenvalue weighted by molar-refractivity contribution is 9.10. The van der Waals surface area contributed by atoms with Crippen LogP contribution in [0.5, 0.6) is 0 Å². The van der Waals surface area contributed by atoms with Gasteiger partial charge >= 0.3 is 0 Å². The lowest BCUT2D eigenvalue weighted by molar-refractivity contribution is 1.31. The molecular formula is C13H9BrCl2N2S. The largest absolute Gasteiger partial charge is 0.384 e. The molecular weight excluding hydrogens is 367 g/mol. The second-order valence-electron chi connectivity index (χ2n) is 3.70. The molecule has 6 heteroatoms. The fourth-order valence-electron chi connectivity index (χ4n) is 1.52. The number of hydrogen-bond donors (Lipinski definition) is 2. The van der Waals surface area contributed by atoms with Gasteiger partial charge in [-0.2, -0.15) is 0 Å². The molecule has 0 heterocycles. The molecule has 0 fully saturated rings. The highest BCUT2D eigenvalue weighted by atomic mass is 79.9. The van der Waals surface area contributed by atoms with Crippen molar-refractivity contribution < 1.29 is 0 Å². The Kier molecular flexibility index (Phi) is 4.79. The van der Waals surface area contributed by atoms with Gasteiger partial charge in [-0.15, -0.1) is 0 Å². The summed E-state index contributed by atoms with van der Waals surface area (Å²) in [6, 6.07) is 11.1. The van der Waals surface area contributed by atoms with Gasteiger partial charge in [0.05, 0.1) is 10.0 Å². The molecule has 0 saturated heterocycles. The van der Waals surface area contributed by atoms with E-state index in [1.165, 1.54) is 11.8 Å². The average molecular weight is 376 g/mol. The highest BCUT2D eigenvalue weighted by Gasteiger charge is 2.11. The van der Waals surface area contributed by atoms with Crippen molar-refractivity contribution in [3.63, 3.8) is 0 Å². The van der Waals surface area contributed by atoms with E-state index < -0.39 is 0 Å². The molecule has 0 spiro atoms. The van der Waals surface area contributed by atoms with Crippen LogP contribution >= 0.6 is 50.9 Å². The lowest BCUT2D eigenvalue weighted by Gasteiger charge is -2.10. The van der Waals surface area contributed by atoms with Crippen molar-refractivity contribution in [3.05, 3.63) is 56.5 Å². The van der Waals surface area contributed by atoms with Crippen molar-refractivity contribution in [2.75, 3.05) is 0 Å². The number of nitrogens with one attached hydrogen (secondary N) is 1. The summed E-state index contributed by atoms with van der Waals surface area (Å²) in [5, 5.41) is 8.67. The third-order valence-electron chi connectivity index (χ3n) is 2.36. The molecule has 0 aliphatic rings. The van der Waals surface area contributed by atoms with Crippen molar-refractivity contribution in [2.24, 2.45) is 5.73 Å². The van der Waals surface area contributed by atoms with E-state index in [2.05, 4.69) is 15.9 Å². The van der Waals surface area contributed by atoms with Gasteiger partial charge in [0.15, 0.2) is 0 Å². The van der Waals surface area contributed by atoms with Crippen LogP contribution in [0.1, 0.15) is 5.56 Å². The molecule has 98 valence electrons. The minimum absolute atomic E-state index is 0.0232. The summed E-state index contributed by atoms with van der Waals surface area (Å²) in [7, 11) is 0. The fraction of sp³-hybridized carbons (Fsp3) is 0. The monoisotopic (exact) mass is 374 g/mol. The number of halogens is 3. The van der Waals surface area contributed by atoms with Gasteiger partial charge in [0.1, 0.15) is 5.84 Å². The van der Waals surface area contributed by atoms with Crippen LogP contribution in [-0.2, 0) is 0 Å². The van der Waals surface area contributed by atoms with Crippen molar-refractivity contribution in [2.45, 2.75) is 9.79 Å². The van der Waals surface area contributed by atoms with Gasteiger partial charge in [0, 0.05) is 19.8 Å². The average Bonchev–Trinajstić information content (AvgIpc) is 2.33. The normalized spacial score (nSPS) is 10.5. The zero-order chi connectivity index (χ0) is 14.0. The molecule has 2 nitrogen and oxygen atoms in total. The summed E-state index contributed by atoms with van der Waals surface area (Å²) < 4.78 is 0.796. The molecule has 0 amide bonds. The molecule has 0 atom stereocenters. The molecule has 0 saturated carbocycles. The Morgan fingerprint density at radius 3 is 2.53 bits per heavy atom. The van der Waals surface area contributed by atoms with Crippen molar-refractivity contribution in [1.29, 1.82) is 5.41 Å². The predicted molar refractivity (Wildman–Crippen MR) is 85.7 cm³/mol. The Morgan fingerprint density at radius 2 is 1.89 bits per heavy atom. The summed E-state index contributed by atoms with van der Waals surface area (Å²) in [6.07, 6.45) is 0. The van der Waals surface area contributed by atoms with Gasteiger partial charge in [-0.05, 0) is 46.3 Å². The Morgan fingerprint density at radius 1 is 1.16 bits per heavy atom. The molecule has 0 aliphatic carbocycles. The van der Waals surface area contributed by atoms with Crippen LogP contribution in [-0.4, -0.2) is 5.84 Å². The SMILES string of the molecule is N=C(N)c1c(Br)cccc1Sc1ccc(Cl)c(Cl)c1. The van der Waals surface area contributed by atoms with E-state index in [4.69, 9.17) is 34.3 Å². The van der Waals surface area contributed by atoms with E-state index in [1.807, 2.05) is 24.3 Å². The Balaban J connectivity index is 2.40. The van der Waals surface area contributed by atoms with Crippen molar-refractivity contribution >= 4 is 56.7 Å². The van der Waals surface area contributed by atoms with Crippen LogP contribution < -0.4 is 5.73 Å². The number of nitrogens with two attached hydrogens (primary N) is 1. The summed E-state index contributed by atoms with van der Waals surface area (Å²) in [5.41, 5.74) is 6.30. The molecule has 2 rings (SSSR count). The number of hydrogen-bond acceptors (Lipinski definition) is 2. The minimum atomic E-state index is 0.0232. The van der Waals surface area contributed by atoms with E-state index in [1.54, 1.807) is 12.1 Å². The zero-order valence-electron chi connectivity index (χ0n) is 9.58. The quantitative estimate of drug-likeness (QED) is 0.572. The molecule has 0 unspecified atom stereocenters. The van der Waals surface area contributed by atoms with E-state index in [0.717, 1.165) is 14.3 Å². The van der Waals surface area contributed by atoms with Crippen LogP contribution in [0.3, 0.4) is 0 Å². The first-order chi connectivity index (χ1) is 8.99. The predicted octanol–water partition coefficient (Wildman–Crippen LogP) is 5.19. The van der Waals surface area contributed by atoms with Crippen molar-refractivity contribution in [3.8, 4) is 0 Å². The molecule has 0 aliphatic heterocycles. The second kappa shape index (κ2) is 6.18. The van der Waals surface area contributed by atoms with Gasteiger partial charge in [-0.3, -0.25) is 5.41 Å². The maximum atomic E-state index is 7.65. The summed E-state index contributed by atoms with van der Waals surface area (Å²) in [5.74, 6) is 0.0232. The van der Waals surface area contributed by atoms with Crippen LogP contribution in [0.4, 0.5) is 0 Å². The van der Waals surface area contributed by atoms with Crippen molar-refractivity contribution in [1.82, 2.24) is 0 Å². The zero-order valence-corrected chi connectivity index (χ0v) is 13.5. The van der Waals surface area contributed by atoms with Crippen LogP contribution in [0.2, 0.25) is 10.0 Å². The molecule has 0 radical (unpaired) electrons. The second-order valence-corrected chi connectivity index (χ2v) is 6.49. The first-order valence-corrected chi connectivity index (χ1v) is 7.61. The topological polar surface area (TPSA) is 49.9 Å². The number of benzene rings is 2. The summed E-state index contributed by atoms with van der Waals surface area (Å²) in [4.78, 5) is 1.83. The Labute approximate surface area is 133 Å². The molecule has 2 aromatic rings. The summed E-state index contributed by atoms with van der Waals surface area (Å²) in [6.45, 7) is 0. The van der Waals surface area contributed by atoms with Gasteiger partial charge in [-0.25, -0.2) is 0 Å². The smallest absolute Gasteiger partial charge is 0.125 e. The first-order valence-electron chi connectivity index (χ1n) is 5.25. The number of amidine groups is 1. The molecule has 19 heavy (non-hydrogen) atoms. The highest BCUT2D eigenvalue weighted by Crippen LogP contribution is 2.36. The van der Waals surface area contributed by atoms with Gasteiger partial charge in [0.25, 0.3) is 0 Å². The molecule has 3 N–H and O–H groups in total. The van der Waals surface area contributed by atoms with Gasteiger partial charge in [0.2, 0.25) is 0 Å². The lowest BCUT2D eigenvalue weighted by Crippen LogP contribution is -2.13. The van der Waals surface area contributed by atoms with Gasteiger partial charge < -0.3 is 5.73 Å². The van der Waals surface area contributed by atoms with Crippen LogP contribution in [0.25, 0.3) is 0 Å². The van der Waals surface area contributed by atoms with E-state index in [9.17, 15) is 0 Å². The lowest BCUT2D eigenvalue weighted by atomic mass is 10.2. The minimum Gasteiger partial charge on any atom is -0.384 e. The Hall–Kier alpha value is -0.680. The number of nitrogen functional groups attached to an aromatic ring is 1. The van der Waals surface area contributed by atoms with Crippen LogP contribution in [0.15, 0.2) is 50.7 Å². The first kappa shape index (κ1) is 14.7. The molecule has 0 aromatic heterocycles. The number of rotatable bonds is 3. The maximum Gasteiger partial charge on any atom is 0.125 e. The maximum absolute atomic E-state index is 7.65.